The van der Waals surface area contributed by atoms with Crippen LogP contribution in [0.25, 0.3) is 88.0 Å². The second-order valence-electron chi connectivity index (χ2n) is 13.0. The molecule has 48 heavy (non-hydrogen) atoms. The number of hydrogen-bond acceptors (Lipinski definition) is 1. The maximum Gasteiger partial charge on any atom is 0.136 e. The van der Waals surface area contributed by atoms with E-state index < -0.39 is 24.2 Å². The summed E-state index contributed by atoms with van der Waals surface area (Å²) in [5.74, 6) is 0. The zero-order valence-corrected chi connectivity index (χ0v) is 26.3. The van der Waals surface area contributed by atoms with Crippen LogP contribution >= 0.6 is 0 Å². The molecule has 0 radical (unpaired) electrons. The van der Waals surface area contributed by atoms with E-state index in [0.29, 0.717) is 22.3 Å². The molecule has 0 atom stereocenters. The Morgan fingerprint density at radius 2 is 0.979 bits per heavy atom. The van der Waals surface area contributed by atoms with Crippen molar-refractivity contribution >= 4 is 43.5 Å². The maximum absolute atomic E-state index is 9.47. The van der Waals surface area contributed by atoms with Gasteiger partial charge in [-0.25, -0.2) is 0 Å². The first-order valence-corrected chi connectivity index (χ1v) is 16.1. The van der Waals surface area contributed by atoms with Crippen LogP contribution in [0.3, 0.4) is 0 Å². The van der Waals surface area contributed by atoms with Crippen LogP contribution in [0.15, 0.2) is 162 Å². The van der Waals surface area contributed by atoms with Gasteiger partial charge in [-0.3, -0.25) is 0 Å². The van der Waals surface area contributed by atoms with Gasteiger partial charge in [0, 0.05) is 16.2 Å². The molecule has 0 spiro atoms. The van der Waals surface area contributed by atoms with Crippen LogP contribution < -0.4 is 0 Å². The first-order chi connectivity index (χ1) is 26.9. The molecule has 1 nitrogen and oxygen atoms in total. The average Bonchev–Trinajstić information content (AvgIpc) is 3.72. The lowest BCUT2D eigenvalue weighted by atomic mass is 9.80. The lowest BCUT2D eigenvalue weighted by Gasteiger charge is -2.22. The summed E-state index contributed by atoms with van der Waals surface area (Å²) < 4.78 is 79.5. The lowest BCUT2D eigenvalue weighted by molar-refractivity contribution is 0.660. The van der Waals surface area contributed by atoms with Gasteiger partial charge in [-0.1, -0.05) is 159 Å². The van der Waals surface area contributed by atoms with E-state index in [-0.39, 0.29) is 51.1 Å². The minimum atomic E-state index is -0.421. The van der Waals surface area contributed by atoms with Crippen molar-refractivity contribution in [2.75, 3.05) is 0 Å². The van der Waals surface area contributed by atoms with E-state index in [0.717, 1.165) is 55.3 Å². The van der Waals surface area contributed by atoms with Crippen molar-refractivity contribution in [2.24, 2.45) is 0 Å². The SMILES string of the molecule is [2H]c1c([2H])c([2H])c2c(-c3cccc4c3-c3ccccc3C4(C)C)c3c([2H])c([2H])c([2H])c([2H])c3c(-c3ccc(-c4cccc5oc6ccccc6c45)cc3)c2c1[2H]. The highest BCUT2D eigenvalue weighted by molar-refractivity contribution is 6.23. The highest BCUT2D eigenvalue weighted by atomic mass is 16.3. The molecule has 0 saturated heterocycles. The van der Waals surface area contributed by atoms with Crippen molar-refractivity contribution in [3.8, 4) is 44.5 Å². The molecule has 9 aromatic rings. The van der Waals surface area contributed by atoms with Gasteiger partial charge in [0.05, 0.1) is 11.0 Å². The standard InChI is InChI=1S/C47H32O/c1-47(2)39-21-9-7-17-36(39)45-38(20-11-22-40(45)47)44-34-15-5-3-13-32(34)43(33-14-4-6-16-35(33)44)30-27-25-29(26-28-30)31-19-12-24-42-46(31)37-18-8-10-23-41(37)48-42/h3-28H,1-2H3/i3D,4D,5D,6D,13D,14D,15D,16D. The van der Waals surface area contributed by atoms with Crippen molar-refractivity contribution < 1.29 is 15.4 Å². The van der Waals surface area contributed by atoms with Gasteiger partial charge < -0.3 is 4.42 Å². The molecule has 0 amide bonds. The second kappa shape index (κ2) is 10.0. The zero-order chi connectivity index (χ0) is 38.9. The topological polar surface area (TPSA) is 13.1 Å². The highest BCUT2D eigenvalue weighted by Crippen LogP contribution is 2.54. The van der Waals surface area contributed by atoms with Gasteiger partial charge in [-0.15, -0.1) is 0 Å². The highest BCUT2D eigenvalue weighted by Gasteiger charge is 2.37. The number of para-hydroxylation sites is 1. The lowest BCUT2D eigenvalue weighted by Crippen LogP contribution is -2.14. The van der Waals surface area contributed by atoms with Crippen LogP contribution in [0.2, 0.25) is 0 Å². The number of furan rings is 1. The first kappa shape index (κ1) is 20.3. The molecule has 0 bridgehead atoms. The van der Waals surface area contributed by atoms with Crippen molar-refractivity contribution in [1.29, 1.82) is 0 Å². The maximum atomic E-state index is 9.47. The van der Waals surface area contributed by atoms with Crippen LogP contribution in [0.5, 0.6) is 0 Å². The van der Waals surface area contributed by atoms with E-state index in [1.54, 1.807) is 0 Å². The van der Waals surface area contributed by atoms with Crippen LogP contribution in [0.1, 0.15) is 35.9 Å². The molecule has 0 fully saturated rings. The van der Waals surface area contributed by atoms with Crippen LogP contribution in [-0.2, 0) is 5.41 Å². The summed E-state index contributed by atoms with van der Waals surface area (Å²) in [5.41, 5.74) is 8.87. The Morgan fingerprint density at radius 1 is 0.438 bits per heavy atom. The third-order valence-corrected chi connectivity index (χ3v) is 10.1. The number of benzene rings is 8. The fourth-order valence-electron chi connectivity index (χ4n) is 7.98. The molecule has 1 heteroatoms. The molecule has 0 N–H and O–H groups in total. The van der Waals surface area contributed by atoms with E-state index >= 15 is 0 Å². The van der Waals surface area contributed by atoms with Gasteiger partial charge >= 0.3 is 0 Å². The third-order valence-electron chi connectivity index (χ3n) is 10.1. The Bertz CT molecular complexity index is 3110. The third kappa shape index (κ3) is 3.73. The van der Waals surface area contributed by atoms with Gasteiger partial charge in [0.15, 0.2) is 0 Å². The summed E-state index contributed by atoms with van der Waals surface area (Å²) in [6.07, 6.45) is 0. The number of rotatable bonds is 3. The first-order valence-electron chi connectivity index (χ1n) is 20.1. The van der Waals surface area contributed by atoms with Crippen molar-refractivity contribution in [3.63, 3.8) is 0 Å². The largest absolute Gasteiger partial charge is 0.456 e. The molecule has 8 aromatic carbocycles. The van der Waals surface area contributed by atoms with Crippen LogP contribution in [0.4, 0.5) is 0 Å². The normalized spacial score (nSPS) is 15.7. The van der Waals surface area contributed by atoms with E-state index in [2.05, 4.69) is 26.0 Å². The van der Waals surface area contributed by atoms with Gasteiger partial charge in [-0.2, -0.15) is 0 Å². The van der Waals surface area contributed by atoms with Crippen molar-refractivity contribution in [1.82, 2.24) is 0 Å². The Kier molecular flexibility index (Phi) is 4.25. The van der Waals surface area contributed by atoms with Gasteiger partial charge in [0.2, 0.25) is 0 Å². The number of hydrogen-bond donors (Lipinski definition) is 0. The quantitative estimate of drug-likeness (QED) is 0.179. The van der Waals surface area contributed by atoms with E-state index in [1.165, 1.54) is 0 Å². The van der Waals surface area contributed by atoms with E-state index in [4.69, 9.17) is 9.90 Å². The Balaban J connectivity index is 1.35. The molecule has 0 saturated carbocycles. The zero-order valence-electron chi connectivity index (χ0n) is 34.3. The molecule has 10 rings (SSSR count). The summed E-state index contributed by atoms with van der Waals surface area (Å²) in [4.78, 5) is 0. The van der Waals surface area contributed by atoms with Gasteiger partial charge in [0.25, 0.3) is 0 Å². The molecule has 1 aliphatic carbocycles. The Morgan fingerprint density at radius 3 is 1.73 bits per heavy atom. The Hall–Kier alpha value is -5.92. The molecular formula is C47H32O. The predicted molar refractivity (Wildman–Crippen MR) is 203 cm³/mol. The fourth-order valence-corrected chi connectivity index (χ4v) is 7.98. The molecule has 226 valence electrons. The molecule has 0 aliphatic heterocycles. The van der Waals surface area contributed by atoms with Crippen LogP contribution in [0, 0.1) is 0 Å². The molecular weight excluding hydrogens is 581 g/mol. The smallest absolute Gasteiger partial charge is 0.136 e. The average molecular weight is 621 g/mol. The molecule has 1 aromatic heterocycles. The van der Waals surface area contributed by atoms with E-state index in [9.17, 15) is 5.48 Å². The Labute approximate surface area is 291 Å². The summed E-state index contributed by atoms with van der Waals surface area (Å²) in [7, 11) is 0. The summed E-state index contributed by atoms with van der Waals surface area (Å²) >= 11 is 0. The summed E-state index contributed by atoms with van der Waals surface area (Å²) in [6.45, 7) is 4.30. The number of fused-ring (bicyclic) bond motifs is 8. The summed E-state index contributed by atoms with van der Waals surface area (Å²) in [6, 6.07) is 32.6. The van der Waals surface area contributed by atoms with Gasteiger partial charge in [0.1, 0.15) is 11.2 Å². The molecule has 1 aliphatic rings. The summed E-state index contributed by atoms with van der Waals surface area (Å²) in [5, 5.41) is 2.76. The van der Waals surface area contributed by atoms with Gasteiger partial charge in [-0.05, 0) is 89.3 Å². The van der Waals surface area contributed by atoms with Crippen LogP contribution in [-0.4, -0.2) is 0 Å². The minimum Gasteiger partial charge on any atom is -0.456 e. The molecule has 1 heterocycles. The predicted octanol–water partition coefficient (Wildman–Crippen LogP) is 13.2. The van der Waals surface area contributed by atoms with Crippen molar-refractivity contribution in [3.05, 3.63) is 169 Å². The minimum absolute atomic E-state index is 0.197. The van der Waals surface area contributed by atoms with E-state index in [1.807, 2.05) is 97.1 Å². The monoisotopic (exact) mass is 620 g/mol. The van der Waals surface area contributed by atoms with Crippen molar-refractivity contribution in [2.45, 2.75) is 19.3 Å². The molecule has 0 unspecified atom stereocenters. The second-order valence-corrected chi connectivity index (χ2v) is 13.0. The fraction of sp³-hybridized carbons (Fsp3) is 0.0638.